The SMILES string of the molecule is CN(C)C(=O)[C@@H]1CC[C@H]2[C@H](CCN2Cc2ccc(F)cc2)O1. The number of likely N-dealkylation sites (N-methyl/N-ethyl adjacent to an activating group) is 1. The molecule has 1 aromatic rings. The van der Waals surface area contributed by atoms with Crippen molar-refractivity contribution in [1.29, 1.82) is 0 Å². The fourth-order valence-corrected chi connectivity index (χ4v) is 3.51. The van der Waals surface area contributed by atoms with Gasteiger partial charge in [-0.3, -0.25) is 9.69 Å². The van der Waals surface area contributed by atoms with Crippen molar-refractivity contribution in [3.8, 4) is 0 Å². The number of carbonyl (C=O) groups is 1. The van der Waals surface area contributed by atoms with E-state index in [0.29, 0.717) is 6.04 Å². The van der Waals surface area contributed by atoms with Crippen molar-refractivity contribution in [1.82, 2.24) is 9.80 Å². The molecule has 0 saturated carbocycles. The molecule has 1 amide bonds. The topological polar surface area (TPSA) is 32.8 Å². The van der Waals surface area contributed by atoms with E-state index in [9.17, 15) is 9.18 Å². The Morgan fingerprint density at radius 3 is 2.68 bits per heavy atom. The third-order valence-electron chi connectivity index (χ3n) is 4.68. The van der Waals surface area contributed by atoms with Gasteiger partial charge in [-0.1, -0.05) is 12.1 Å². The number of likely N-dealkylation sites (tertiary alicyclic amines) is 1. The molecule has 5 heteroatoms. The first-order chi connectivity index (χ1) is 10.5. The number of nitrogens with zero attached hydrogens (tertiary/aromatic N) is 2. The largest absolute Gasteiger partial charge is 0.363 e. The molecule has 2 heterocycles. The zero-order valence-corrected chi connectivity index (χ0v) is 13.2. The monoisotopic (exact) mass is 306 g/mol. The summed E-state index contributed by atoms with van der Waals surface area (Å²) in [5, 5.41) is 0. The standard InChI is InChI=1S/C17H23FN2O2/c1-19(2)17(21)16-8-7-14-15(22-16)9-10-20(14)11-12-3-5-13(18)6-4-12/h3-6,14-16H,7-11H2,1-2H3/t14-,15-,16-/m0/s1. The molecule has 2 saturated heterocycles. The van der Waals surface area contributed by atoms with Gasteiger partial charge in [0.05, 0.1) is 6.10 Å². The molecule has 0 unspecified atom stereocenters. The summed E-state index contributed by atoms with van der Waals surface area (Å²) in [6, 6.07) is 7.06. The van der Waals surface area contributed by atoms with Gasteiger partial charge in [-0.25, -0.2) is 4.39 Å². The fourth-order valence-electron chi connectivity index (χ4n) is 3.51. The van der Waals surface area contributed by atoms with Crippen molar-refractivity contribution in [3.05, 3.63) is 35.6 Å². The molecule has 0 spiro atoms. The van der Waals surface area contributed by atoms with Crippen LogP contribution in [0.15, 0.2) is 24.3 Å². The maximum absolute atomic E-state index is 13.0. The second kappa shape index (κ2) is 6.34. The first kappa shape index (κ1) is 15.4. The summed E-state index contributed by atoms with van der Waals surface area (Å²) in [7, 11) is 3.54. The Hall–Kier alpha value is -1.46. The molecule has 2 fully saturated rings. The molecule has 2 aliphatic rings. The van der Waals surface area contributed by atoms with E-state index in [0.717, 1.165) is 37.9 Å². The van der Waals surface area contributed by atoms with Crippen LogP contribution in [0.5, 0.6) is 0 Å². The lowest BCUT2D eigenvalue weighted by Crippen LogP contribution is -2.47. The summed E-state index contributed by atoms with van der Waals surface area (Å²) >= 11 is 0. The fraction of sp³-hybridized carbons (Fsp3) is 0.588. The highest BCUT2D eigenvalue weighted by atomic mass is 19.1. The number of benzene rings is 1. The lowest BCUT2D eigenvalue weighted by atomic mass is 9.98. The van der Waals surface area contributed by atoms with Crippen LogP contribution in [-0.2, 0) is 16.1 Å². The zero-order chi connectivity index (χ0) is 15.7. The van der Waals surface area contributed by atoms with E-state index in [2.05, 4.69) is 4.90 Å². The molecule has 1 aromatic carbocycles. The normalized spacial score (nSPS) is 28.4. The number of hydrogen-bond acceptors (Lipinski definition) is 3. The Balaban J connectivity index is 1.60. The smallest absolute Gasteiger partial charge is 0.251 e. The third-order valence-corrected chi connectivity index (χ3v) is 4.68. The Morgan fingerprint density at radius 2 is 2.00 bits per heavy atom. The first-order valence-corrected chi connectivity index (χ1v) is 7.89. The van der Waals surface area contributed by atoms with Gasteiger partial charge < -0.3 is 9.64 Å². The third kappa shape index (κ3) is 3.15. The van der Waals surface area contributed by atoms with Gasteiger partial charge in [-0.2, -0.15) is 0 Å². The molecular weight excluding hydrogens is 283 g/mol. The summed E-state index contributed by atoms with van der Waals surface area (Å²) in [5.41, 5.74) is 1.12. The van der Waals surface area contributed by atoms with Crippen LogP contribution >= 0.6 is 0 Å². The number of hydrogen-bond donors (Lipinski definition) is 0. The van der Waals surface area contributed by atoms with Crippen LogP contribution in [-0.4, -0.2) is 54.6 Å². The van der Waals surface area contributed by atoms with Crippen molar-refractivity contribution < 1.29 is 13.9 Å². The van der Waals surface area contributed by atoms with E-state index in [1.165, 1.54) is 12.1 Å². The average molecular weight is 306 g/mol. The number of halogens is 1. The Labute approximate surface area is 130 Å². The highest BCUT2D eigenvalue weighted by molar-refractivity contribution is 5.80. The summed E-state index contributed by atoms with van der Waals surface area (Å²) in [4.78, 5) is 16.0. The highest BCUT2D eigenvalue weighted by Crippen LogP contribution is 2.32. The molecule has 4 nitrogen and oxygen atoms in total. The van der Waals surface area contributed by atoms with Gasteiger partial charge in [0, 0.05) is 33.2 Å². The molecule has 0 radical (unpaired) electrons. The van der Waals surface area contributed by atoms with Gasteiger partial charge in [0.15, 0.2) is 0 Å². The Bertz CT molecular complexity index is 532. The minimum absolute atomic E-state index is 0.0652. The lowest BCUT2D eigenvalue weighted by Gasteiger charge is -2.36. The van der Waals surface area contributed by atoms with Crippen LogP contribution in [0.1, 0.15) is 24.8 Å². The molecule has 0 aliphatic carbocycles. The maximum atomic E-state index is 13.0. The molecule has 3 atom stereocenters. The van der Waals surface area contributed by atoms with E-state index in [4.69, 9.17) is 4.74 Å². The quantitative estimate of drug-likeness (QED) is 0.857. The van der Waals surface area contributed by atoms with Gasteiger partial charge in [0.1, 0.15) is 11.9 Å². The summed E-state index contributed by atoms with van der Waals surface area (Å²) in [5.74, 6) is -0.135. The van der Waals surface area contributed by atoms with Gasteiger partial charge in [0.25, 0.3) is 5.91 Å². The zero-order valence-electron chi connectivity index (χ0n) is 13.2. The van der Waals surface area contributed by atoms with Gasteiger partial charge in [0.2, 0.25) is 0 Å². The van der Waals surface area contributed by atoms with E-state index < -0.39 is 0 Å². The van der Waals surface area contributed by atoms with Gasteiger partial charge >= 0.3 is 0 Å². The predicted octanol–water partition coefficient (Wildman–Crippen LogP) is 2.04. The van der Waals surface area contributed by atoms with Crippen LogP contribution in [0, 0.1) is 5.82 Å². The summed E-state index contributed by atoms with van der Waals surface area (Å²) < 4.78 is 19.0. The molecule has 0 bridgehead atoms. The molecule has 2 aliphatic heterocycles. The molecule has 0 aromatic heterocycles. The van der Waals surface area contributed by atoms with Crippen molar-refractivity contribution >= 4 is 5.91 Å². The van der Waals surface area contributed by atoms with E-state index in [1.807, 2.05) is 12.1 Å². The lowest BCUT2D eigenvalue weighted by molar-refractivity contribution is -0.152. The second-order valence-corrected chi connectivity index (χ2v) is 6.43. The van der Waals surface area contributed by atoms with Crippen molar-refractivity contribution in [2.24, 2.45) is 0 Å². The second-order valence-electron chi connectivity index (χ2n) is 6.43. The van der Waals surface area contributed by atoms with Crippen LogP contribution < -0.4 is 0 Å². The van der Waals surface area contributed by atoms with Crippen LogP contribution in [0.4, 0.5) is 4.39 Å². The summed E-state index contributed by atoms with van der Waals surface area (Å²) in [6.45, 7) is 1.78. The maximum Gasteiger partial charge on any atom is 0.251 e. The number of amides is 1. The molecular formula is C17H23FN2O2. The number of rotatable bonds is 3. The van der Waals surface area contributed by atoms with Crippen molar-refractivity contribution in [2.45, 2.75) is 44.1 Å². The summed E-state index contributed by atoms with van der Waals surface area (Å²) in [6.07, 6.45) is 2.57. The Kier molecular flexibility index (Phi) is 4.45. The van der Waals surface area contributed by atoms with E-state index in [1.54, 1.807) is 19.0 Å². The van der Waals surface area contributed by atoms with E-state index in [-0.39, 0.29) is 23.9 Å². The van der Waals surface area contributed by atoms with Crippen LogP contribution in [0.25, 0.3) is 0 Å². The average Bonchev–Trinajstić information content (AvgIpc) is 2.91. The number of fused-ring (bicyclic) bond motifs is 1. The van der Waals surface area contributed by atoms with Crippen LogP contribution in [0.3, 0.4) is 0 Å². The Morgan fingerprint density at radius 1 is 1.27 bits per heavy atom. The van der Waals surface area contributed by atoms with Crippen molar-refractivity contribution in [2.75, 3.05) is 20.6 Å². The first-order valence-electron chi connectivity index (χ1n) is 7.89. The highest BCUT2D eigenvalue weighted by Gasteiger charge is 2.41. The predicted molar refractivity (Wildman–Crippen MR) is 81.8 cm³/mol. The number of ether oxygens (including phenoxy) is 1. The van der Waals surface area contributed by atoms with Crippen LogP contribution in [0.2, 0.25) is 0 Å². The van der Waals surface area contributed by atoms with Gasteiger partial charge in [-0.05, 0) is 37.0 Å². The molecule has 0 N–H and O–H groups in total. The number of carbonyl (C=O) groups excluding carboxylic acids is 1. The minimum atomic E-state index is -0.290. The van der Waals surface area contributed by atoms with E-state index >= 15 is 0 Å². The van der Waals surface area contributed by atoms with Crippen molar-refractivity contribution in [3.63, 3.8) is 0 Å². The molecule has 120 valence electrons. The van der Waals surface area contributed by atoms with Gasteiger partial charge in [-0.15, -0.1) is 0 Å². The molecule has 3 rings (SSSR count). The molecule has 22 heavy (non-hydrogen) atoms. The minimum Gasteiger partial charge on any atom is -0.363 e.